The number of amides is 4. The third-order valence-electron chi connectivity index (χ3n) is 4.98. The van der Waals surface area contributed by atoms with Crippen molar-refractivity contribution in [3.8, 4) is 11.5 Å². The number of nitrogens with zero attached hydrogens (tertiary/aromatic N) is 1. The molecule has 1 aromatic carbocycles. The van der Waals surface area contributed by atoms with Crippen molar-refractivity contribution in [2.24, 2.45) is 0 Å². The number of ether oxygens (including phenoxy) is 2. The van der Waals surface area contributed by atoms with E-state index in [-0.39, 0.29) is 23.2 Å². The van der Waals surface area contributed by atoms with Crippen LogP contribution in [-0.4, -0.2) is 42.5 Å². The third kappa shape index (κ3) is 4.45. The molecule has 1 aliphatic heterocycles. The van der Waals surface area contributed by atoms with E-state index in [9.17, 15) is 14.4 Å². The van der Waals surface area contributed by atoms with Crippen LogP contribution in [0.2, 0.25) is 5.02 Å². The second-order valence-electron chi connectivity index (χ2n) is 6.92. The minimum Gasteiger partial charge on any atom is -0.493 e. The minimum atomic E-state index is -0.728. The van der Waals surface area contributed by atoms with E-state index in [0.717, 1.165) is 32.1 Å². The number of urea groups is 1. The number of barbiturate groups is 1. The topological polar surface area (TPSA) is 84.9 Å². The van der Waals surface area contributed by atoms with Gasteiger partial charge < -0.3 is 9.47 Å². The van der Waals surface area contributed by atoms with Crippen molar-refractivity contribution in [3.05, 3.63) is 40.9 Å². The predicted molar refractivity (Wildman–Crippen MR) is 109 cm³/mol. The maximum Gasteiger partial charge on any atom is 0.331 e. The van der Waals surface area contributed by atoms with E-state index >= 15 is 0 Å². The van der Waals surface area contributed by atoms with Gasteiger partial charge in [0.05, 0.1) is 12.1 Å². The summed E-state index contributed by atoms with van der Waals surface area (Å²) in [4.78, 5) is 38.8. The number of carbonyl (C=O) groups is 3. The molecule has 3 rings (SSSR count). The van der Waals surface area contributed by atoms with Gasteiger partial charge in [-0.15, -0.1) is 0 Å². The molecule has 0 aromatic heterocycles. The SMILES string of the molecule is C=CCOc1c(Cl)cc(/C=C2/C(=O)NC(=O)N(C3CCCCC3)C2=O)cc1OC. The van der Waals surface area contributed by atoms with E-state index in [4.69, 9.17) is 21.1 Å². The Bertz CT molecular complexity index is 874. The van der Waals surface area contributed by atoms with E-state index in [1.165, 1.54) is 18.1 Å². The lowest BCUT2D eigenvalue weighted by molar-refractivity contribution is -0.132. The van der Waals surface area contributed by atoms with Gasteiger partial charge in [-0.25, -0.2) is 4.79 Å². The standard InChI is InChI=1S/C21H23ClN2O5/c1-3-9-29-18-16(22)11-13(12-17(18)28-2)10-15-19(25)23-21(27)24(20(15)26)14-7-5-4-6-8-14/h3,10-12,14H,1,4-9H2,2H3,(H,23,25,27)/b15-10-. The van der Waals surface area contributed by atoms with Gasteiger partial charge in [-0.05, 0) is 36.6 Å². The van der Waals surface area contributed by atoms with E-state index in [0.29, 0.717) is 17.1 Å². The number of halogens is 1. The Kier molecular flexibility index (Phi) is 6.59. The molecular weight excluding hydrogens is 396 g/mol. The first-order chi connectivity index (χ1) is 14.0. The number of rotatable bonds is 6. The maximum atomic E-state index is 13.0. The highest BCUT2D eigenvalue weighted by molar-refractivity contribution is 6.33. The monoisotopic (exact) mass is 418 g/mol. The van der Waals surface area contributed by atoms with Gasteiger partial charge in [0.25, 0.3) is 11.8 Å². The number of imide groups is 2. The summed E-state index contributed by atoms with van der Waals surface area (Å²) in [7, 11) is 1.46. The Hall–Kier alpha value is -2.80. The molecule has 1 N–H and O–H groups in total. The van der Waals surface area contributed by atoms with Crippen LogP contribution in [0.4, 0.5) is 4.79 Å². The normalized spacial score (nSPS) is 19.3. The lowest BCUT2D eigenvalue weighted by atomic mass is 9.93. The van der Waals surface area contributed by atoms with Gasteiger partial charge in [0.1, 0.15) is 12.2 Å². The summed E-state index contributed by atoms with van der Waals surface area (Å²) >= 11 is 6.29. The molecular formula is C21H23ClN2O5. The van der Waals surface area contributed by atoms with E-state index in [2.05, 4.69) is 11.9 Å². The van der Waals surface area contributed by atoms with Crippen molar-refractivity contribution in [3.63, 3.8) is 0 Å². The fourth-order valence-corrected chi connectivity index (χ4v) is 3.89. The molecule has 0 unspecified atom stereocenters. The molecule has 1 saturated heterocycles. The molecule has 1 aromatic rings. The van der Waals surface area contributed by atoms with Gasteiger partial charge in [0.15, 0.2) is 11.5 Å². The molecule has 1 aliphatic carbocycles. The number of nitrogens with one attached hydrogen (secondary N) is 1. The molecule has 2 aliphatic rings. The van der Waals surface area contributed by atoms with Gasteiger partial charge in [0, 0.05) is 6.04 Å². The first-order valence-corrected chi connectivity index (χ1v) is 9.85. The Morgan fingerprint density at radius 1 is 1.24 bits per heavy atom. The van der Waals surface area contributed by atoms with Crippen LogP contribution in [0.25, 0.3) is 6.08 Å². The first kappa shape index (κ1) is 20.9. The van der Waals surface area contributed by atoms with E-state index in [1.807, 2.05) is 0 Å². The Labute approximate surface area is 174 Å². The van der Waals surface area contributed by atoms with Crippen molar-refractivity contribution in [1.29, 1.82) is 0 Å². The van der Waals surface area contributed by atoms with Gasteiger partial charge in [-0.3, -0.25) is 19.8 Å². The third-order valence-corrected chi connectivity index (χ3v) is 5.26. The highest BCUT2D eigenvalue weighted by atomic mass is 35.5. The largest absolute Gasteiger partial charge is 0.493 e. The second-order valence-corrected chi connectivity index (χ2v) is 7.33. The van der Waals surface area contributed by atoms with Crippen LogP contribution in [0.1, 0.15) is 37.7 Å². The number of hydrogen-bond donors (Lipinski definition) is 1. The molecule has 4 amide bonds. The zero-order valence-corrected chi connectivity index (χ0v) is 17.0. The number of benzene rings is 1. The number of methoxy groups -OCH3 is 1. The van der Waals surface area contributed by atoms with Crippen LogP contribution < -0.4 is 14.8 Å². The fourth-order valence-electron chi connectivity index (χ4n) is 3.61. The predicted octanol–water partition coefficient (Wildman–Crippen LogP) is 3.71. The molecule has 2 fully saturated rings. The summed E-state index contributed by atoms with van der Waals surface area (Å²) in [5.74, 6) is -0.619. The molecule has 7 nitrogen and oxygen atoms in total. The maximum absolute atomic E-state index is 13.0. The van der Waals surface area contributed by atoms with Crippen molar-refractivity contribution in [2.45, 2.75) is 38.1 Å². The number of carbonyl (C=O) groups excluding carboxylic acids is 3. The molecule has 29 heavy (non-hydrogen) atoms. The van der Waals surface area contributed by atoms with Crippen molar-refractivity contribution in [1.82, 2.24) is 10.2 Å². The summed E-state index contributed by atoms with van der Waals surface area (Å²) in [6.45, 7) is 3.84. The lowest BCUT2D eigenvalue weighted by Gasteiger charge is -2.35. The smallest absolute Gasteiger partial charge is 0.331 e. The van der Waals surface area contributed by atoms with Crippen molar-refractivity contribution >= 4 is 35.5 Å². The van der Waals surface area contributed by atoms with Gasteiger partial charge in [-0.1, -0.05) is 43.5 Å². The summed E-state index contributed by atoms with van der Waals surface area (Å²) < 4.78 is 10.8. The Morgan fingerprint density at radius 3 is 2.62 bits per heavy atom. The Morgan fingerprint density at radius 2 is 1.97 bits per heavy atom. The second kappa shape index (κ2) is 9.13. The first-order valence-electron chi connectivity index (χ1n) is 9.48. The van der Waals surface area contributed by atoms with E-state index < -0.39 is 17.8 Å². The van der Waals surface area contributed by atoms with E-state index in [1.54, 1.807) is 18.2 Å². The molecule has 0 spiro atoms. The molecule has 0 bridgehead atoms. The molecule has 0 radical (unpaired) electrons. The molecule has 154 valence electrons. The quantitative estimate of drug-likeness (QED) is 0.432. The van der Waals surface area contributed by atoms with Crippen LogP contribution in [-0.2, 0) is 9.59 Å². The molecule has 0 atom stereocenters. The zero-order chi connectivity index (χ0) is 21.0. The van der Waals surface area contributed by atoms with Crippen LogP contribution in [0.5, 0.6) is 11.5 Å². The number of hydrogen-bond acceptors (Lipinski definition) is 5. The summed E-state index contributed by atoms with van der Waals surface area (Å²) in [5.41, 5.74) is 0.363. The van der Waals surface area contributed by atoms with Crippen LogP contribution in [0, 0.1) is 0 Å². The summed E-state index contributed by atoms with van der Waals surface area (Å²) in [5, 5.41) is 2.53. The highest BCUT2D eigenvalue weighted by Crippen LogP contribution is 2.37. The van der Waals surface area contributed by atoms with Crippen molar-refractivity contribution < 1.29 is 23.9 Å². The van der Waals surface area contributed by atoms with Crippen LogP contribution in [0.15, 0.2) is 30.4 Å². The van der Waals surface area contributed by atoms with Crippen molar-refractivity contribution in [2.75, 3.05) is 13.7 Å². The van der Waals surface area contributed by atoms with Gasteiger partial charge in [0.2, 0.25) is 0 Å². The van der Waals surface area contributed by atoms with Gasteiger partial charge >= 0.3 is 6.03 Å². The average molecular weight is 419 g/mol. The van der Waals surface area contributed by atoms with Crippen LogP contribution >= 0.6 is 11.6 Å². The van der Waals surface area contributed by atoms with Crippen LogP contribution in [0.3, 0.4) is 0 Å². The summed E-state index contributed by atoms with van der Waals surface area (Å²) in [6, 6.07) is 2.32. The molecule has 1 heterocycles. The Balaban J connectivity index is 1.94. The molecule has 8 heteroatoms. The zero-order valence-electron chi connectivity index (χ0n) is 16.2. The minimum absolute atomic E-state index is 0.118. The van der Waals surface area contributed by atoms with Gasteiger partial charge in [-0.2, -0.15) is 0 Å². The fraction of sp³-hybridized carbons (Fsp3) is 0.381. The summed E-state index contributed by atoms with van der Waals surface area (Å²) in [6.07, 6.45) is 7.46. The average Bonchev–Trinajstić information content (AvgIpc) is 2.70. The molecule has 1 saturated carbocycles. The highest BCUT2D eigenvalue weighted by Gasteiger charge is 2.40. The lowest BCUT2D eigenvalue weighted by Crippen LogP contribution is -2.58.